The molecule has 0 aliphatic heterocycles. The summed E-state index contributed by atoms with van der Waals surface area (Å²) in [6, 6.07) is 21.6. The Labute approximate surface area is 307 Å². The Hall–Kier alpha value is -3.68. The lowest BCUT2D eigenvalue weighted by Gasteiger charge is -2.36. The minimum Gasteiger partial charge on any atom is -0.390 e. The molecule has 4 N–H and O–H groups in total. The molecule has 0 saturated heterocycles. The molecule has 0 bridgehead atoms. The van der Waals surface area contributed by atoms with E-state index in [1.807, 2.05) is 109 Å². The summed E-state index contributed by atoms with van der Waals surface area (Å²) < 4.78 is 30.2. The Balaban J connectivity index is 1.57. The fourth-order valence-corrected chi connectivity index (χ4v) is 8.37. The van der Waals surface area contributed by atoms with Gasteiger partial charge in [-0.1, -0.05) is 95.3 Å². The molecule has 4 aromatic rings. The highest BCUT2D eigenvalue weighted by Crippen LogP contribution is 2.26. The van der Waals surface area contributed by atoms with Crippen LogP contribution in [0.3, 0.4) is 0 Å². The van der Waals surface area contributed by atoms with E-state index in [4.69, 9.17) is 0 Å². The lowest BCUT2D eigenvalue weighted by atomic mass is 9.85. The summed E-state index contributed by atoms with van der Waals surface area (Å²) in [5.74, 6) is -0.863. The van der Waals surface area contributed by atoms with Crippen LogP contribution in [0.2, 0.25) is 0 Å². The maximum atomic E-state index is 14.1. The van der Waals surface area contributed by atoms with E-state index < -0.39 is 51.1 Å². The monoisotopic (exact) mass is 735 g/mol. The van der Waals surface area contributed by atoms with Crippen LogP contribution in [0.25, 0.3) is 10.2 Å². The molecule has 12 heteroatoms. The maximum Gasteiger partial charge on any atom is 0.243 e. The fraction of sp³-hybridized carbons (Fsp3) is 0.462. The third-order valence-corrected chi connectivity index (χ3v) is 11.5. The summed E-state index contributed by atoms with van der Waals surface area (Å²) in [4.78, 5) is 32.1. The number of rotatable bonds is 16. The zero-order valence-corrected chi connectivity index (χ0v) is 32.5. The number of fused-ring (bicyclic) bond motifs is 1. The number of aliphatic hydroxyl groups is 1. The molecule has 10 nitrogen and oxygen atoms in total. The number of aliphatic hydroxyl groups excluding tert-OH is 1. The molecule has 0 fully saturated rings. The Morgan fingerprint density at radius 2 is 1.49 bits per heavy atom. The van der Waals surface area contributed by atoms with E-state index in [-0.39, 0.29) is 36.2 Å². The number of nitrogens with one attached hydrogen (secondary N) is 3. The molecule has 4 atom stereocenters. The molecule has 276 valence electrons. The van der Waals surface area contributed by atoms with Crippen molar-refractivity contribution < 1.29 is 23.1 Å². The smallest absolute Gasteiger partial charge is 0.243 e. The standard InChI is InChI=1S/C39H53N5O5S2/c1-26(2)23-44(51(48,49)30-19-20-34-32(22-30)40-25-50-34)24-33(45)31(21-28-15-11-9-12-16-28)41-37(47)35(38(4,5)6)42-36(46)27(3)43-39(7,8)29-17-13-10-14-18-29/h9-20,22,25-27,31,33,35,43,45H,21,23-24H2,1-8H3,(H,41,47)(H,42,46)/t27-,31+,33-,35-/m1/s1. The normalized spacial score (nSPS) is 15.0. The summed E-state index contributed by atoms with van der Waals surface area (Å²) in [5, 5.41) is 21.2. The maximum absolute atomic E-state index is 14.1. The van der Waals surface area contributed by atoms with Gasteiger partial charge in [0.2, 0.25) is 21.8 Å². The average molecular weight is 736 g/mol. The number of carbonyl (C=O) groups excluding carboxylic acids is 2. The zero-order valence-electron chi connectivity index (χ0n) is 30.9. The quantitative estimate of drug-likeness (QED) is 0.120. The molecule has 0 unspecified atom stereocenters. The fourth-order valence-electron chi connectivity index (χ4n) is 6.07. The van der Waals surface area contributed by atoms with Crippen LogP contribution in [-0.2, 0) is 31.6 Å². The van der Waals surface area contributed by atoms with Gasteiger partial charge in [0.25, 0.3) is 0 Å². The third kappa shape index (κ3) is 10.7. The van der Waals surface area contributed by atoms with Crippen LogP contribution in [0.5, 0.6) is 0 Å². The van der Waals surface area contributed by atoms with Gasteiger partial charge in [-0.25, -0.2) is 13.4 Å². The van der Waals surface area contributed by atoms with Gasteiger partial charge in [0, 0.05) is 18.6 Å². The van der Waals surface area contributed by atoms with E-state index >= 15 is 0 Å². The first-order valence-electron chi connectivity index (χ1n) is 17.4. The molecular formula is C39H53N5O5S2. The SMILES string of the molecule is CC(C)CN(C[C@@H](O)[C@H](Cc1ccccc1)NC(=O)[C@@H](NC(=O)[C@@H](C)NC(C)(C)c1ccccc1)C(C)(C)C)S(=O)(=O)c1ccc2scnc2c1. The van der Waals surface area contributed by atoms with Crippen molar-refractivity contribution in [3.63, 3.8) is 0 Å². The van der Waals surface area contributed by atoms with Crippen LogP contribution in [0, 0.1) is 11.3 Å². The highest BCUT2D eigenvalue weighted by atomic mass is 32.2. The first-order valence-corrected chi connectivity index (χ1v) is 19.7. The van der Waals surface area contributed by atoms with E-state index in [0.29, 0.717) is 5.52 Å². The van der Waals surface area contributed by atoms with Crippen molar-refractivity contribution in [1.82, 2.24) is 25.2 Å². The van der Waals surface area contributed by atoms with Crippen molar-refractivity contribution in [2.45, 2.75) is 96.5 Å². The summed E-state index contributed by atoms with van der Waals surface area (Å²) in [5.41, 5.74) is 2.91. The molecule has 0 spiro atoms. The molecule has 1 heterocycles. The van der Waals surface area contributed by atoms with Crippen molar-refractivity contribution in [2.24, 2.45) is 11.3 Å². The number of benzene rings is 3. The Morgan fingerprint density at radius 1 is 0.863 bits per heavy atom. The molecule has 3 aromatic carbocycles. The van der Waals surface area contributed by atoms with E-state index in [1.165, 1.54) is 15.6 Å². The number of hydrogen-bond acceptors (Lipinski definition) is 8. The molecule has 0 radical (unpaired) electrons. The molecule has 51 heavy (non-hydrogen) atoms. The molecule has 0 saturated carbocycles. The van der Waals surface area contributed by atoms with Crippen LogP contribution in [-0.4, -0.2) is 71.9 Å². The van der Waals surface area contributed by atoms with Crippen LogP contribution in [0.4, 0.5) is 0 Å². The first kappa shape index (κ1) is 40.1. The van der Waals surface area contributed by atoms with Crippen molar-refractivity contribution >= 4 is 43.4 Å². The second kappa shape index (κ2) is 16.8. The predicted octanol–water partition coefficient (Wildman–Crippen LogP) is 5.48. The highest BCUT2D eigenvalue weighted by molar-refractivity contribution is 7.89. The van der Waals surface area contributed by atoms with Crippen LogP contribution in [0.15, 0.2) is 89.3 Å². The number of amides is 2. The average Bonchev–Trinajstić information content (AvgIpc) is 3.54. The lowest BCUT2D eigenvalue weighted by Crippen LogP contribution is -2.61. The summed E-state index contributed by atoms with van der Waals surface area (Å²) in [7, 11) is -4.03. The molecule has 4 rings (SSSR count). The van der Waals surface area contributed by atoms with Gasteiger partial charge in [0.15, 0.2) is 0 Å². The Morgan fingerprint density at radius 3 is 2.10 bits per heavy atom. The van der Waals surface area contributed by atoms with Crippen molar-refractivity contribution in [3.8, 4) is 0 Å². The minimum absolute atomic E-state index is 0.0416. The topological polar surface area (TPSA) is 141 Å². The number of thiazole rings is 1. The van der Waals surface area contributed by atoms with Gasteiger partial charge in [-0.2, -0.15) is 4.31 Å². The van der Waals surface area contributed by atoms with Crippen LogP contribution >= 0.6 is 11.3 Å². The van der Waals surface area contributed by atoms with Crippen LogP contribution in [0.1, 0.15) is 66.5 Å². The van der Waals surface area contributed by atoms with Crippen molar-refractivity contribution in [2.75, 3.05) is 13.1 Å². The Bertz CT molecular complexity index is 1860. The van der Waals surface area contributed by atoms with Gasteiger partial charge in [-0.15, -0.1) is 11.3 Å². The number of sulfonamides is 1. The van der Waals surface area contributed by atoms with Gasteiger partial charge in [0.05, 0.1) is 38.8 Å². The first-order chi connectivity index (χ1) is 23.9. The van der Waals surface area contributed by atoms with Gasteiger partial charge in [0.1, 0.15) is 6.04 Å². The van der Waals surface area contributed by atoms with E-state index in [2.05, 4.69) is 20.9 Å². The zero-order chi connectivity index (χ0) is 37.6. The Kier molecular flexibility index (Phi) is 13.2. The van der Waals surface area contributed by atoms with Crippen molar-refractivity contribution in [1.29, 1.82) is 0 Å². The lowest BCUT2D eigenvalue weighted by molar-refractivity contribution is -0.133. The molecule has 0 aliphatic carbocycles. The number of carbonyl (C=O) groups is 2. The summed E-state index contributed by atoms with van der Waals surface area (Å²) in [6.07, 6.45) is -1.04. The molecular weight excluding hydrogens is 683 g/mol. The summed E-state index contributed by atoms with van der Waals surface area (Å²) >= 11 is 1.43. The van der Waals surface area contributed by atoms with Gasteiger partial charge in [-0.3, -0.25) is 14.9 Å². The van der Waals surface area contributed by atoms with Crippen LogP contribution < -0.4 is 16.0 Å². The summed E-state index contributed by atoms with van der Waals surface area (Å²) in [6.45, 7) is 15.1. The van der Waals surface area contributed by atoms with Gasteiger partial charge < -0.3 is 15.7 Å². The molecule has 1 aromatic heterocycles. The second-order valence-electron chi connectivity index (χ2n) is 15.2. The number of hydrogen-bond donors (Lipinski definition) is 4. The number of nitrogens with zero attached hydrogens (tertiary/aromatic N) is 2. The van der Waals surface area contributed by atoms with E-state index in [9.17, 15) is 23.1 Å². The largest absolute Gasteiger partial charge is 0.390 e. The molecule has 0 aliphatic rings. The van der Waals surface area contributed by atoms with Crippen molar-refractivity contribution in [3.05, 3.63) is 95.5 Å². The van der Waals surface area contributed by atoms with Gasteiger partial charge >= 0.3 is 0 Å². The van der Waals surface area contributed by atoms with E-state index in [0.717, 1.165) is 15.8 Å². The third-order valence-electron chi connectivity index (χ3n) is 8.87. The molecule has 2 amide bonds. The van der Waals surface area contributed by atoms with E-state index in [1.54, 1.807) is 30.6 Å². The highest BCUT2D eigenvalue weighted by Gasteiger charge is 2.38. The minimum atomic E-state index is -4.03. The second-order valence-corrected chi connectivity index (χ2v) is 18.1. The van der Waals surface area contributed by atoms with Gasteiger partial charge in [-0.05, 0) is 67.9 Å². The number of aromatic nitrogens is 1. The predicted molar refractivity (Wildman–Crippen MR) is 205 cm³/mol.